The summed E-state index contributed by atoms with van der Waals surface area (Å²) in [6.45, 7) is 4.34. The van der Waals surface area contributed by atoms with Crippen LogP contribution in [0.4, 0.5) is 0 Å². The maximum absolute atomic E-state index is 4.66. The van der Waals surface area contributed by atoms with Gasteiger partial charge in [0.15, 0.2) is 0 Å². The quantitative estimate of drug-likeness (QED) is 0.682. The van der Waals surface area contributed by atoms with Gasteiger partial charge in [-0.15, -0.1) is 0 Å². The first kappa shape index (κ1) is 13.6. The van der Waals surface area contributed by atoms with Crippen LogP contribution in [-0.4, -0.2) is 9.55 Å². The number of aryl methyl sites for hydroxylation is 3. The number of nitrogens with zero attached hydrogens (tertiary/aromatic N) is 2. The van der Waals surface area contributed by atoms with Crippen LogP contribution in [0.1, 0.15) is 18.1 Å². The van der Waals surface area contributed by atoms with Gasteiger partial charge in [0.25, 0.3) is 0 Å². The summed E-state index contributed by atoms with van der Waals surface area (Å²) in [5.74, 6) is 0. The Labute approximate surface area is 126 Å². The maximum Gasteiger partial charge on any atom is 0.0965 e. The molecule has 0 saturated heterocycles. The van der Waals surface area contributed by atoms with E-state index in [4.69, 9.17) is 0 Å². The highest BCUT2D eigenvalue weighted by atomic mass is 15.0. The molecule has 106 valence electrons. The number of hydrogen-bond acceptors (Lipinski definition) is 1. The lowest BCUT2D eigenvalue weighted by molar-refractivity contribution is 0.918. The van der Waals surface area contributed by atoms with E-state index in [0.29, 0.717) is 0 Å². The van der Waals surface area contributed by atoms with Gasteiger partial charge in [-0.2, -0.15) is 0 Å². The van der Waals surface area contributed by atoms with Crippen LogP contribution in [0.3, 0.4) is 0 Å². The molecular weight excluding hydrogens is 256 g/mol. The smallest absolute Gasteiger partial charge is 0.0965 e. The molecule has 0 N–H and O–H groups in total. The Hall–Kier alpha value is -2.35. The largest absolute Gasteiger partial charge is 0.333 e. The average Bonchev–Trinajstić information content (AvgIpc) is 2.89. The normalized spacial score (nSPS) is 10.8. The third-order valence-electron chi connectivity index (χ3n) is 3.99. The molecule has 21 heavy (non-hydrogen) atoms. The molecule has 0 saturated carbocycles. The molecule has 1 aromatic heterocycles. The number of aromatic nitrogens is 2. The monoisotopic (exact) mass is 276 g/mol. The van der Waals surface area contributed by atoms with E-state index in [-0.39, 0.29) is 0 Å². The van der Waals surface area contributed by atoms with E-state index in [1.165, 1.54) is 27.9 Å². The van der Waals surface area contributed by atoms with Gasteiger partial charge in [-0.1, -0.05) is 55.5 Å². The first-order valence-electron chi connectivity index (χ1n) is 7.38. The van der Waals surface area contributed by atoms with Crippen LogP contribution in [0.5, 0.6) is 0 Å². The van der Waals surface area contributed by atoms with Crippen molar-refractivity contribution in [3.63, 3.8) is 0 Å². The van der Waals surface area contributed by atoms with Crippen LogP contribution in [-0.2, 0) is 13.5 Å². The summed E-state index contributed by atoms with van der Waals surface area (Å²) in [5, 5.41) is 0. The van der Waals surface area contributed by atoms with Crippen LogP contribution < -0.4 is 0 Å². The van der Waals surface area contributed by atoms with Crippen molar-refractivity contribution < 1.29 is 0 Å². The lowest BCUT2D eigenvalue weighted by Crippen LogP contribution is -1.96. The summed E-state index contributed by atoms with van der Waals surface area (Å²) in [7, 11) is 2.07. The predicted octanol–water partition coefficient (Wildman–Crippen LogP) is 4.62. The van der Waals surface area contributed by atoms with Gasteiger partial charge in [0.05, 0.1) is 17.7 Å². The van der Waals surface area contributed by atoms with Crippen molar-refractivity contribution in [1.29, 1.82) is 0 Å². The Balaban J connectivity index is 2.25. The van der Waals surface area contributed by atoms with E-state index in [1.54, 1.807) is 0 Å². The minimum Gasteiger partial charge on any atom is -0.333 e. The molecular formula is C19H20N2. The van der Waals surface area contributed by atoms with Crippen molar-refractivity contribution in [3.05, 3.63) is 66.0 Å². The van der Waals surface area contributed by atoms with Crippen molar-refractivity contribution >= 4 is 0 Å². The van der Waals surface area contributed by atoms with Crippen LogP contribution in [0, 0.1) is 6.92 Å². The van der Waals surface area contributed by atoms with E-state index in [2.05, 4.69) is 79.0 Å². The topological polar surface area (TPSA) is 17.8 Å². The SMILES string of the molecule is CCc1ccccc1-c1c(-c2ccccc2C)ncn1C. The Morgan fingerprint density at radius 3 is 2.33 bits per heavy atom. The second-order valence-electron chi connectivity index (χ2n) is 5.38. The zero-order valence-electron chi connectivity index (χ0n) is 12.8. The Morgan fingerprint density at radius 2 is 1.62 bits per heavy atom. The number of hydrogen-bond donors (Lipinski definition) is 0. The van der Waals surface area contributed by atoms with Crippen molar-refractivity contribution in [2.24, 2.45) is 7.05 Å². The fourth-order valence-electron chi connectivity index (χ4n) is 2.84. The standard InChI is InChI=1S/C19H20N2/c1-4-15-10-6-8-12-17(15)19-18(20-13-21(19)3)16-11-7-5-9-14(16)2/h5-13H,4H2,1-3H3. The van der Waals surface area contributed by atoms with Gasteiger partial charge in [0.2, 0.25) is 0 Å². The van der Waals surface area contributed by atoms with Gasteiger partial charge in [-0.05, 0) is 24.5 Å². The minimum atomic E-state index is 1.02. The Kier molecular flexibility index (Phi) is 3.61. The molecule has 3 aromatic rings. The molecule has 0 spiro atoms. The zero-order valence-corrected chi connectivity index (χ0v) is 12.8. The van der Waals surface area contributed by atoms with E-state index < -0.39 is 0 Å². The highest BCUT2D eigenvalue weighted by Gasteiger charge is 2.16. The van der Waals surface area contributed by atoms with E-state index in [0.717, 1.165) is 12.1 Å². The van der Waals surface area contributed by atoms with Crippen molar-refractivity contribution in [2.75, 3.05) is 0 Å². The minimum absolute atomic E-state index is 1.02. The molecule has 2 heteroatoms. The van der Waals surface area contributed by atoms with Crippen LogP contribution in [0.25, 0.3) is 22.5 Å². The van der Waals surface area contributed by atoms with E-state index in [9.17, 15) is 0 Å². The van der Waals surface area contributed by atoms with Crippen molar-refractivity contribution in [3.8, 4) is 22.5 Å². The van der Waals surface area contributed by atoms with Gasteiger partial charge in [-0.3, -0.25) is 0 Å². The van der Waals surface area contributed by atoms with Crippen LogP contribution in [0.15, 0.2) is 54.9 Å². The van der Waals surface area contributed by atoms with Gasteiger partial charge in [0, 0.05) is 18.2 Å². The summed E-state index contributed by atoms with van der Waals surface area (Å²) in [6.07, 6.45) is 2.93. The number of imidazole rings is 1. The fraction of sp³-hybridized carbons (Fsp3) is 0.211. The van der Waals surface area contributed by atoms with E-state index in [1.807, 2.05) is 6.33 Å². The van der Waals surface area contributed by atoms with E-state index >= 15 is 0 Å². The highest BCUT2D eigenvalue weighted by molar-refractivity contribution is 5.81. The molecule has 2 aromatic carbocycles. The summed E-state index contributed by atoms with van der Waals surface area (Å²) < 4.78 is 2.12. The molecule has 2 nitrogen and oxygen atoms in total. The van der Waals surface area contributed by atoms with Gasteiger partial charge in [-0.25, -0.2) is 4.98 Å². The van der Waals surface area contributed by atoms with Crippen LogP contribution >= 0.6 is 0 Å². The summed E-state index contributed by atoms with van der Waals surface area (Å²) in [6, 6.07) is 17.0. The van der Waals surface area contributed by atoms with Gasteiger partial charge >= 0.3 is 0 Å². The third-order valence-corrected chi connectivity index (χ3v) is 3.99. The first-order valence-corrected chi connectivity index (χ1v) is 7.38. The number of rotatable bonds is 3. The highest BCUT2D eigenvalue weighted by Crippen LogP contribution is 2.34. The second kappa shape index (κ2) is 5.57. The fourth-order valence-corrected chi connectivity index (χ4v) is 2.84. The van der Waals surface area contributed by atoms with Gasteiger partial charge in [0.1, 0.15) is 0 Å². The summed E-state index contributed by atoms with van der Waals surface area (Å²) in [4.78, 5) is 4.66. The molecule has 0 atom stereocenters. The molecule has 0 aliphatic heterocycles. The molecule has 0 amide bonds. The Morgan fingerprint density at radius 1 is 0.952 bits per heavy atom. The molecule has 0 radical (unpaired) electrons. The summed E-state index contributed by atoms with van der Waals surface area (Å²) >= 11 is 0. The zero-order chi connectivity index (χ0) is 14.8. The van der Waals surface area contributed by atoms with Gasteiger partial charge < -0.3 is 4.57 Å². The van der Waals surface area contributed by atoms with Crippen molar-refractivity contribution in [1.82, 2.24) is 9.55 Å². The lowest BCUT2D eigenvalue weighted by atomic mass is 9.97. The lowest BCUT2D eigenvalue weighted by Gasteiger charge is -2.12. The molecule has 0 unspecified atom stereocenters. The predicted molar refractivity (Wildman–Crippen MR) is 88.2 cm³/mol. The maximum atomic E-state index is 4.66. The third kappa shape index (κ3) is 2.38. The van der Waals surface area contributed by atoms with Crippen LogP contribution in [0.2, 0.25) is 0 Å². The molecule has 1 heterocycles. The summed E-state index contributed by atoms with van der Waals surface area (Å²) in [5.41, 5.74) is 7.36. The molecule has 0 bridgehead atoms. The second-order valence-corrected chi connectivity index (χ2v) is 5.38. The molecule has 0 aliphatic rings. The Bertz CT molecular complexity index is 769. The molecule has 0 aliphatic carbocycles. The first-order chi connectivity index (χ1) is 10.2. The molecule has 3 rings (SSSR count). The number of benzene rings is 2. The average molecular weight is 276 g/mol. The molecule has 0 fully saturated rings. The van der Waals surface area contributed by atoms with Crippen molar-refractivity contribution in [2.45, 2.75) is 20.3 Å².